The van der Waals surface area contributed by atoms with Crippen molar-refractivity contribution in [3.63, 3.8) is 0 Å². The lowest BCUT2D eigenvalue weighted by Crippen LogP contribution is -2.53. The quantitative estimate of drug-likeness (QED) is 0.0332. The largest absolute Gasteiger partial charge is 0.394 e. The van der Waals surface area contributed by atoms with Crippen LogP contribution in [0.3, 0.4) is 0 Å². The summed E-state index contributed by atoms with van der Waals surface area (Å²) in [7, 11) is 0. The van der Waals surface area contributed by atoms with E-state index in [0.717, 1.165) is 57.8 Å². The zero-order valence-electron chi connectivity index (χ0n) is 31.7. The Bertz CT molecular complexity index is 727. The minimum Gasteiger partial charge on any atom is -0.394 e. The molecule has 0 aromatic carbocycles. The first-order valence-corrected chi connectivity index (χ1v) is 20.7. The average Bonchev–Trinajstić information content (AvgIpc) is 3.09. The highest BCUT2D eigenvalue weighted by atomic mass is 16.3. The van der Waals surface area contributed by atoms with Crippen LogP contribution in [0.5, 0.6) is 0 Å². The summed E-state index contributed by atoms with van der Waals surface area (Å²) in [5.41, 5.74) is 0. The van der Waals surface area contributed by atoms with E-state index in [9.17, 15) is 25.2 Å². The summed E-state index contributed by atoms with van der Waals surface area (Å²) in [5.74, 6) is -0.593. The number of unbranched alkanes of at least 4 members (excludes halogenated alkanes) is 24. The fraction of sp³-hybridized carbons (Fsp3) is 0.881. The van der Waals surface area contributed by atoms with Crippen LogP contribution in [0.25, 0.3) is 0 Å². The van der Waals surface area contributed by atoms with E-state index in [1.165, 1.54) is 122 Å². The lowest BCUT2D eigenvalue weighted by Gasteiger charge is -2.27. The molecule has 0 aliphatic carbocycles. The fourth-order valence-electron chi connectivity index (χ4n) is 6.32. The van der Waals surface area contributed by atoms with Gasteiger partial charge in [0, 0.05) is 0 Å². The maximum atomic E-state index is 12.5. The predicted molar refractivity (Wildman–Crippen MR) is 205 cm³/mol. The molecule has 0 aromatic heterocycles. The van der Waals surface area contributed by atoms with Crippen molar-refractivity contribution in [2.45, 2.75) is 231 Å². The highest BCUT2D eigenvalue weighted by molar-refractivity contribution is 5.80. The van der Waals surface area contributed by atoms with Crippen molar-refractivity contribution in [3.05, 3.63) is 24.3 Å². The zero-order chi connectivity index (χ0) is 35.3. The van der Waals surface area contributed by atoms with Crippen LogP contribution in [0.2, 0.25) is 0 Å². The summed E-state index contributed by atoms with van der Waals surface area (Å²) in [5, 5.41) is 43.5. The average molecular weight is 680 g/mol. The van der Waals surface area contributed by atoms with E-state index >= 15 is 0 Å². The second-order valence-corrected chi connectivity index (χ2v) is 14.3. The van der Waals surface area contributed by atoms with Crippen LogP contribution in [0.4, 0.5) is 0 Å². The summed E-state index contributed by atoms with van der Waals surface area (Å²) < 4.78 is 0. The Balaban J connectivity index is 3.75. The molecule has 5 N–H and O–H groups in total. The maximum absolute atomic E-state index is 12.5. The Labute approximate surface area is 297 Å². The molecular weight excluding hydrogens is 598 g/mol. The molecule has 48 heavy (non-hydrogen) atoms. The van der Waals surface area contributed by atoms with Crippen LogP contribution in [0.1, 0.15) is 206 Å². The number of amides is 1. The monoisotopic (exact) mass is 680 g/mol. The van der Waals surface area contributed by atoms with Gasteiger partial charge in [-0.2, -0.15) is 0 Å². The number of rotatable bonds is 37. The highest BCUT2D eigenvalue weighted by Gasteiger charge is 2.28. The zero-order valence-corrected chi connectivity index (χ0v) is 31.7. The van der Waals surface area contributed by atoms with Gasteiger partial charge in [-0.3, -0.25) is 4.79 Å². The molecule has 6 nitrogen and oxygen atoms in total. The van der Waals surface area contributed by atoms with Gasteiger partial charge in [0.1, 0.15) is 12.2 Å². The van der Waals surface area contributed by atoms with Gasteiger partial charge < -0.3 is 25.7 Å². The van der Waals surface area contributed by atoms with Crippen LogP contribution >= 0.6 is 0 Å². The Morgan fingerprint density at radius 1 is 0.521 bits per heavy atom. The van der Waals surface area contributed by atoms with E-state index in [4.69, 9.17) is 0 Å². The van der Waals surface area contributed by atoms with Crippen LogP contribution in [-0.2, 0) is 4.79 Å². The van der Waals surface area contributed by atoms with Gasteiger partial charge in [0.05, 0.1) is 18.8 Å². The smallest absolute Gasteiger partial charge is 0.249 e. The van der Waals surface area contributed by atoms with E-state index in [-0.39, 0.29) is 0 Å². The lowest BCUT2D eigenvalue weighted by molar-refractivity contribution is -0.132. The Morgan fingerprint density at radius 2 is 0.896 bits per heavy atom. The molecule has 0 fully saturated rings. The number of allylic oxidation sites excluding steroid dienone is 4. The molecule has 0 aliphatic heterocycles. The first kappa shape index (κ1) is 46.8. The van der Waals surface area contributed by atoms with Crippen LogP contribution in [0, 0.1) is 0 Å². The molecule has 0 saturated heterocycles. The minimum atomic E-state index is -1.26. The molecule has 0 radical (unpaired) electrons. The van der Waals surface area contributed by atoms with E-state index in [0.29, 0.717) is 12.8 Å². The summed E-state index contributed by atoms with van der Waals surface area (Å²) in [6.07, 6.45) is 40.6. The van der Waals surface area contributed by atoms with E-state index < -0.39 is 36.9 Å². The molecule has 0 spiro atoms. The van der Waals surface area contributed by atoms with Crippen molar-refractivity contribution in [2.75, 3.05) is 6.61 Å². The summed E-state index contributed by atoms with van der Waals surface area (Å²) in [4.78, 5) is 12.5. The van der Waals surface area contributed by atoms with Crippen LogP contribution < -0.4 is 5.32 Å². The molecule has 4 atom stereocenters. The highest BCUT2D eigenvalue weighted by Crippen LogP contribution is 2.15. The van der Waals surface area contributed by atoms with Crippen LogP contribution in [0.15, 0.2) is 24.3 Å². The normalized spacial score (nSPS) is 14.5. The molecule has 0 heterocycles. The van der Waals surface area contributed by atoms with Crippen molar-refractivity contribution >= 4 is 5.91 Å². The van der Waals surface area contributed by atoms with Crippen molar-refractivity contribution in [1.29, 1.82) is 0 Å². The van der Waals surface area contributed by atoms with Crippen molar-refractivity contribution in [1.82, 2.24) is 5.32 Å². The SMILES string of the molecule is CCCCCCCCCCC/C=C\C/C=C\CCCCCCCCC(O)C(=O)NC(CO)C(O)C(O)CCCCCCCCCCCC. The number of hydrogen-bond donors (Lipinski definition) is 5. The Hall–Kier alpha value is -1.21. The molecule has 0 saturated carbocycles. The first-order valence-electron chi connectivity index (χ1n) is 20.7. The molecular formula is C42H81NO5. The minimum absolute atomic E-state index is 0.358. The van der Waals surface area contributed by atoms with Crippen LogP contribution in [-0.4, -0.2) is 57.3 Å². The third-order valence-electron chi connectivity index (χ3n) is 9.67. The summed E-state index contributed by atoms with van der Waals surface area (Å²) in [6.45, 7) is 4.02. The third-order valence-corrected chi connectivity index (χ3v) is 9.67. The molecule has 6 heteroatoms. The van der Waals surface area contributed by atoms with E-state index in [2.05, 4.69) is 43.5 Å². The second-order valence-electron chi connectivity index (χ2n) is 14.3. The Kier molecular flexibility index (Phi) is 36.1. The van der Waals surface area contributed by atoms with Gasteiger partial charge in [-0.05, 0) is 44.9 Å². The summed E-state index contributed by atoms with van der Waals surface area (Å²) >= 11 is 0. The number of hydrogen-bond acceptors (Lipinski definition) is 5. The van der Waals surface area contributed by atoms with Crippen molar-refractivity contribution < 1.29 is 25.2 Å². The standard InChI is InChI=1S/C42H81NO5/c1-3-5-7-9-11-13-15-16-17-18-19-20-21-22-23-24-25-26-28-30-32-34-36-40(46)42(48)43-38(37-44)41(47)39(45)35-33-31-29-27-14-12-10-8-6-4-2/h19-20,22-23,38-41,44-47H,3-18,21,24-37H2,1-2H3,(H,43,48)/b20-19-,23-22-. The Morgan fingerprint density at radius 3 is 1.31 bits per heavy atom. The number of carbonyl (C=O) groups excluding carboxylic acids is 1. The second kappa shape index (κ2) is 37.1. The number of carbonyl (C=O) groups is 1. The van der Waals surface area contributed by atoms with Crippen molar-refractivity contribution in [2.24, 2.45) is 0 Å². The molecule has 0 rings (SSSR count). The van der Waals surface area contributed by atoms with E-state index in [1.54, 1.807) is 0 Å². The predicted octanol–water partition coefficient (Wildman–Crippen LogP) is 10.4. The third kappa shape index (κ3) is 30.8. The molecule has 0 aromatic rings. The molecule has 0 aliphatic rings. The van der Waals surface area contributed by atoms with Gasteiger partial charge in [0.2, 0.25) is 5.91 Å². The van der Waals surface area contributed by atoms with Gasteiger partial charge in [-0.1, -0.05) is 186 Å². The molecule has 284 valence electrons. The first-order chi connectivity index (χ1) is 23.5. The lowest BCUT2D eigenvalue weighted by atomic mass is 9.99. The van der Waals surface area contributed by atoms with Gasteiger partial charge in [-0.25, -0.2) is 0 Å². The molecule has 0 bridgehead atoms. The van der Waals surface area contributed by atoms with Gasteiger partial charge in [0.25, 0.3) is 0 Å². The van der Waals surface area contributed by atoms with Crippen molar-refractivity contribution in [3.8, 4) is 0 Å². The number of aliphatic hydroxyl groups excluding tert-OH is 4. The molecule has 1 amide bonds. The number of aliphatic hydroxyl groups is 4. The van der Waals surface area contributed by atoms with E-state index in [1.807, 2.05) is 0 Å². The maximum Gasteiger partial charge on any atom is 0.249 e. The van der Waals surface area contributed by atoms with Gasteiger partial charge in [-0.15, -0.1) is 0 Å². The number of nitrogens with one attached hydrogen (secondary N) is 1. The van der Waals surface area contributed by atoms with Gasteiger partial charge in [0.15, 0.2) is 0 Å². The fourth-order valence-corrected chi connectivity index (χ4v) is 6.32. The topological polar surface area (TPSA) is 110 Å². The molecule has 4 unspecified atom stereocenters. The summed E-state index contributed by atoms with van der Waals surface area (Å²) in [6, 6.07) is -0.986. The van der Waals surface area contributed by atoms with Gasteiger partial charge >= 0.3 is 0 Å².